The molecule has 1 aliphatic heterocycles. The third-order valence-electron chi connectivity index (χ3n) is 4.63. The highest BCUT2D eigenvalue weighted by Gasteiger charge is 2.28. The first-order chi connectivity index (χ1) is 12.4. The van der Waals surface area contributed by atoms with Gasteiger partial charge < -0.3 is 4.90 Å². The van der Waals surface area contributed by atoms with Crippen LogP contribution in [0.4, 0.5) is 10.1 Å². The van der Waals surface area contributed by atoms with Gasteiger partial charge in [-0.1, -0.05) is 13.8 Å². The molecule has 3 rings (SSSR count). The third kappa shape index (κ3) is 3.24. The fourth-order valence-electron chi connectivity index (χ4n) is 3.21. The fourth-order valence-corrected chi connectivity index (χ4v) is 4.72. The number of carbonyl (C=O) groups is 1. The molecular formula is C19H21FN2O3S. The molecule has 2 aromatic rings. The second-order valence-electron chi connectivity index (χ2n) is 6.09. The van der Waals surface area contributed by atoms with Crippen LogP contribution in [0, 0.1) is 5.82 Å². The van der Waals surface area contributed by atoms with Crippen LogP contribution < -0.4 is 4.90 Å². The number of halogens is 1. The van der Waals surface area contributed by atoms with Crippen molar-refractivity contribution in [1.82, 2.24) is 4.31 Å². The Morgan fingerprint density at radius 1 is 1.12 bits per heavy atom. The average Bonchev–Trinajstić information content (AvgIpc) is 3.05. The number of fused-ring (bicyclic) bond motifs is 1. The highest BCUT2D eigenvalue weighted by atomic mass is 32.2. The van der Waals surface area contributed by atoms with E-state index in [0.29, 0.717) is 37.3 Å². The quantitative estimate of drug-likeness (QED) is 0.806. The Kier molecular flexibility index (Phi) is 5.11. The van der Waals surface area contributed by atoms with Crippen molar-refractivity contribution in [3.8, 4) is 0 Å². The van der Waals surface area contributed by atoms with Gasteiger partial charge in [0.1, 0.15) is 5.82 Å². The molecule has 0 fully saturated rings. The maximum absolute atomic E-state index is 13.1. The highest BCUT2D eigenvalue weighted by molar-refractivity contribution is 7.89. The van der Waals surface area contributed by atoms with Gasteiger partial charge in [-0.05, 0) is 54.4 Å². The van der Waals surface area contributed by atoms with Crippen LogP contribution in [0.2, 0.25) is 0 Å². The first kappa shape index (κ1) is 18.5. The van der Waals surface area contributed by atoms with E-state index in [1.54, 1.807) is 36.9 Å². The molecule has 2 aromatic carbocycles. The molecule has 7 heteroatoms. The minimum Gasteiger partial charge on any atom is -0.308 e. The van der Waals surface area contributed by atoms with Crippen LogP contribution in [0.1, 0.15) is 29.8 Å². The summed E-state index contributed by atoms with van der Waals surface area (Å²) < 4.78 is 39.8. The Labute approximate surface area is 153 Å². The van der Waals surface area contributed by atoms with E-state index in [-0.39, 0.29) is 10.8 Å². The van der Waals surface area contributed by atoms with Crippen molar-refractivity contribution in [3.05, 3.63) is 59.4 Å². The zero-order valence-electron chi connectivity index (χ0n) is 14.8. The normalized spacial score (nSPS) is 13.9. The predicted molar refractivity (Wildman–Crippen MR) is 98.3 cm³/mol. The van der Waals surface area contributed by atoms with Crippen molar-refractivity contribution < 1.29 is 17.6 Å². The van der Waals surface area contributed by atoms with Crippen molar-refractivity contribution in [2.24, 2.45) is 0 Å². The van der Waals surface area contributed by atoms with Gasteiger partial charge in [-0.25, -0.2) is 12.8 Å². The summed E-state index contributed by atoms with van der Waals surface area (Å²) in [5.74, 6) is -0.613. The maximum atomic E-state index is 13.1. The van der Waals surface area contributed by atoms with Gasteiger partial charge in [-0.2, -0.15) is 4.31 Å². The fraction of sp³-hybridized carbons (Fsp3) is 0.316. The topological polar surface area (TPSA) is 57.7 Å². The number of nitrogens with zero attached hydrogens (tertiary/aromatic N) is 2. The largest absolute Gasteiger partial charge is 0.308 e. The van der Waals surface area contributed by atoms with Crippen LogP contribution in [-0.4, -0.2) is 38.3 Å². The van der Waals surface area contributed by atoms with E-state index < -0.39 is 15.8 Å². The minimum absolute atomic E-state index is 0.219. The van der Waals surface area contributed by atoms with Crippen molar-refractivity contribution >= 4 is 21.6 Å². The summed E-state index contributed by atoms with van der Waals surface area (Å²) in [5.41, 5.74) is 1.94. The second kappa shape index (κ2) is 7.17. The predicted octanol–water partition coefficient (Wildman–Crippen LogP) is 3.06. The summed E-state index contributed by atoms with van der Waals surface area (Å²) >= 11 is 0. The van der Waals surface area contributed by atoms with Crippen LogP contribution in [-0.2, 0) is 16.4 Å². The van der Waals surface area contributed by atoms with E-state index in [2.05, 4.69) is 0 Å². The van der Waals surface area contributed by atoms with Crippen LogP contribution >= 0.6 is 0 Å². The van der Waals surface area contributed by atoms with Gasteiger partial charge in [0.2, 0.25) is 10.0 Å². The van der Waals surface area contributed by atoms with Crippen LogP contribution in [0.25, 0.3) is 0 Å². The first-order valence-electron chi connectivity index (χ1n) is 8.59. The lowest BCUT2D eigenvalue weighted by molar-refractivity contribution is 0.0989. The molecule has 0 radical (unpaired) electrons. The Morgan fingerprint density at radius 3 is 2.38 bits per heavy atom. The molecule has 1 heterocycles. The Bertz CT molecular complexity index is 922. The van der Waals surface area contributed by atoms with Gasteiger partial charge in [0.25, 0.3) is 5.91 Å². The summed E-state index contributed by atoms with van der Waals surface area (Å²) in [4.78, 5) is 14.5. The molecule has 0 bridgehead atoms. The van der Waals surface area contributed by atoms with E-state index in [9.17, 15) is 17.6 Å². The number of hydrogen-bond acceptors (Lipinski definition) is 3. The lowest BCUT2D eigenvalue weighted by Gasteiger charge is -2.20. The van der Waals surface area contributed by atoms with Gasteiger partial charge in [-0.15, -0.1) is 0 Å². The monoisotopic (exact) mass is 376 g/mol. The maximum Gasteiger partial charge on any atom is 0.258 e. The summed E-state index contributed by atoms with van der Waals surface area (Å²) in [5, 5.41) is 0. The number of sulfonamides is 1. The third-order valence-corrected chi connectivity index (χ3v) is 6.67. The van der Waals surface area contributed by atoms with Crippen LogP contribution in [0.15, 0.2) is 47.4 Å². The molecule has 0 saturated heterocycles. The molecule has 0 N–H and O–H groups in total. The molecule has 0 atom stereocenters. The lowest BCUT2D eigenvalue weighted by atomic mass is 10.1. The van der Waals surface area contributed by atoms with Gasteiger partial charge in [0.05, 0.1) is 4.90 Å². The number of hydrogen-bond donors (Lipinski definition) is 0. The summed E-state index contributed by atoms with van der Waals surface area (Å²) in [6.45, 7) is 4.89. The molecule has 0 saturated carbocycles. The van der Waals surface area contributed by atoms with Crippen molar-refractivity contribution in [3.63, 3.8) is 0 Å². The Balaban J connectivity index is 1.91. The van der Waals surface area contributed by atoms with Gasteiger partial charge >= 0.3 is 0 Å². The Morgan fingerprint density at radius 2 is 1.77 bits per heavy atom. The van der Waals surface area contributed by atoms with Crippen LogP contribution in [0.5, 0.6) is 0 Å². The molecule has 0 aliphatic carbocycles. The summed E-state index contributed by atoms with van der Waals surface area (Å²) in [7, 11) is -3.53. The molecule has 138 valence electrons. The smallest absolute Gasteiger partial charge is 0.258 e. The highest BCUT2D eigenvalue weighted by Crippen LogP contribution is 2.32. The van der Waals surface area contributed by atoms with E-state index in [1.807, 2.05) is 0 Å². The molecule has 0 spiro atoms. The van der Waals surface area contributed by atoms with E-state index in [4.69, 9.17) is 0 Å². The molecule has 26 heavy (non-hydrogen) atoms. The number of benzene rings is 2. The summed E-state index contributed by atoms with van der Waals surface area (Å²) in [6.07, 6.45) is 0.587. The first-order valence-corrected chi connectivity index (χ1v) is 10.0. The van der Waals surface area contributed by atoms with Crippen molar-refractivity contribution in [1.29, 1.82) is 0 Å². The minimum atomic E-state index is -3.53. The number of carbonyl (C=O) groups excluding carboxylic acids is 1. The zero-order valence-corrected chi connectivity index (χ0v) is 15.6. The van der Waals surface area contributed by atoms with E-state index >= 15 is 0 Å². The van der Waals surface area contributed by atoms with Gasteiger partial charge in [0.15, 0.2) is 0 Å². The number of anilines is 1. The van der Waals surface area contributed by atoms with E-state index in [0.717, 1.165) is 5.56 Å². The van der Waals surface area contributed by atoms with Crippen molar-refractivity contribution in [2.45, 2.75) is 25.2 Å². The molecule has 0 unspecified atom stereocenters. The van der Waals surface area contributed by atoms with Crippen LogP contribution in [0.3, 0.4) is 0 Å². The molecule has 1 aliphatic rings. The molecule has 1 amide bonds. The number of rotatable bonds is 5. The van der Waals surface area contributed by atoms with Crippen molar-refractivity contribution in [2.75, 3.05) is 24.5 Å². The SMILES string of the molecule is CCN(CC)S(=O)(=O)c1ccc2c(c1)CCN2C(=O)c1ccc(F)cc1. The Hall–Kier alpha value is -2.25. The second-order valence-corrected chi connectivity index (χ2v) is 8.03. The summed E-state index contributed by atoms with van der Waals surface area (Å²) in [6, 6.07) is 10.3. The zero-order chi connectivity index (χ0) is 18.9. The molecule has 0 aromatic heterocycles. The number of amides is 1. The molecule has 5 nitrogen and oxygen atoms in total. The lowest BCUT2D eigenvalue weighted by Crippen LogP contribution is -2.30. The van der Waals surface area contributed by atoms with Gasteiger partial charge in [-0.3, -0.25) is 4.79 Å². The average molecular weight is 376 g/mol. The van der Waals surface area contributed by atoms with Gasteiger partial charge in [0, 0.05) is 30.9 Å². The molecular weight excluding hydrogens is 355 g/mol. The standard InChI is InChI=1S/C19H21FN2O3S/c1-3-21(4-2)26(24,25)17-9-10-18-15(13-17)11-12-22(18)19(23)14-5-7-16(20)8-6-14/h5-10,13H,3-4,11-12H2,1-2H3. The van der Waals surface area contributed by atoms with E-state index in [1.165, 1.54) is 28.6 Å².